The molecule has 2 atom stereocenters. The van der Waals surface area contributed by atoms with Crippen LogP contribution in [0.25, 0.3) is 0 Å². The molecule has 3 rings (SSSR count). The van der Waals surface area contributed by atoms with Crippen LogP contribution in [-0.4, -0.2) is 78.6 Å². The van der Waals surface area contributed by atoms with Crippen LogP contribution in [0.15, 0.2) is 5.38 Å². The van der Waals surface area contributed by atoms with Crippen LogP contribution < -0.4 is 11.1 Å². The van der Waals surface area contributed by atoms with Gasteiger partial charge in [0.1, 0.15) is 0 Å². The van der Waals surface area contributed by atoms with Gasteiger partial charge in [-0.2, -0.15) is 0 Å². The summed E-state index contributed by atoms with van der Waals surface area (Å²) >= 11 is 1.40. The Hall–Kier alpha value is -1.71. The third-order valence-electron chi connectivity index (χ3n) is 5.47. The van der Waals surface area contributed by atoms with Gasteiger partial charge in [0.2, 0.25) is 11.8 Å². The van der Waals surface area contributed by atoms with E-state index in [1.807, 2.05) is 10.3 Å². The summed E-state index contributed by atoms with van der Waals surface area (Å²) in [6, 6.07) is 0.534. The Bertz CT molecular complexity index is 647. The second-order valence-electron chi connectivity index (χ2n) is 7.23. The van der Waals surface area contributed by atoms with Gasteiger partial charge in [-0.15, -0.1) is 11.3 Å². The maximum absolute atomic E-state index is 12.5. The summed E-state index contributed by atoms with van der Waals surface area (Å²) < 4.78 is 5.31. The zero-order chi connectivity index (χ0) is 19.2. The van der Waals surface area contributed by atoms with Gasteiger partial charge in [0.05, 0.1) is 18.9 Å². The van der Waals surface area contributed by atoms with Gasteiger partial charge in [-0.25, -0.2) is 4.98 Å². The number of aromatic nitrogens is 1. The first-order valence-corrected chi connectivity index (χ1v) is 10.4. The lowest BCUT2D eigenvalue weighted by Gasteiger charge is -2.30. The molecule has 0 aliphatic carbocycles. The van der Waals surface area contributed by atoms with Crippen molar-refractivity contribution in [2.45, 2.75) is 44.2 Å². The molecule has 9 heteroatoms. The standard InChI is InChI=1S/C18H29N5O3S/c1-22-14(10-17(25)23-6-8-26-9-7-23)3-4-15(22)11-20-16(24)5-2-13-12-27-18(19)21-13/h12,14-15H,2-11H2,1H3,(H2,19,21)(H,20,24)/t14-,15+/m1/s1. The first-order valence-electron chi connectivity index (χ1n) is 9.57. The first-order chi connectivity index (χ1) is 13.0. The second kappa shape index (κ2) is 9.48. The number of carbonyl (C=O) groups excluding carboxylic acids is 2. The van der Waals surface area contributed by atoms with Crippen LogP contribution in [-0.2, 0) is 20.7 Å². The van der Waals surface area contributed by atoms with E-state index in [1.54, 1.807) is 0 Å². The number of hydrogen-bond acceptors (Lipinski definition) is 7. The normalized spacial score (nSPS) is 23.5. The van der Waals surface area contributed by atoms with Crippen molar-refractivity contribution in [1.29, 1.82) is 0 Å². The number of ether oxygens (including phenoxy) is 1. The highest BCUT2D eigenvalue weighted by atomic mass is 32.1. The fraction of sp³-hybridized carbons (Fsp3) is 0.722. The summed E-state index contributed by atoms with van der Waals surface area (Å²) in [5.74, 6) is 0.241. The Morgan fingerprint density at radius 2 is 2.07 bits per heavy atom. The number of thiazole rings is 1. The molecule has 0 bridgehead atoms. The molecule has 0 aromatic carbocycles. The molecule has 2 amide bonds. The molecule has 1 aromatic rings. The molecule has 8 nitrogen and oxygen atoms in total. The van der Waals surface area contributed by atoms with Crippen LogP contribution in [0, 0.1) is 0 Å². The molecule has 2 aliphatic rings. The van der Waals surface area contributed by atoms with Crippen LogP contribution in [0.4, 0.5) is 5.13 Å². The van der Waals surface area contributed by atoms with Gasteiger partial charge in [0.15, 0.2) is 5.13 Å². The number of nitrogens with two attached hydrogens (primary N) is 1. The van der Waals surface area contributed by atoms with Crippen molar-refractivity contribution < 1.29 is 14.3 Å². The van der Waals surface area contributed by atoms with E-state index in [-0.39, 0.29) is 23.9 Å². The smallest absolute Gasteiger partial charge is 0.224 e. The number of rotatable bonds is 7. The van der Waals surface area contributed by atoms with E-state index in [2.05, 4.69) is 22.2 Å². The van der Waals surface area contributed by atoms with E-state index in [9.17, 15) is 9.59 Å². The van der Waals surface area contributed by atoms with Crippen molar-refractivity contribution in [1.82, 2.24) is 20.1 Å². The Kier molecular flexibility index (Phi) is 7.03. The molecule has 0 unspecified atom stereocenters. The summed E-state index contributed by atoms with van der Waals surface area (Å²) in [6.07, 6.45) is 3.56. The van der Waals surface area contributed by atoms with Gasteiger partial charge in [0, 0.05) is 49.9 Å². The van der Waals surface area contributed by atoms with Crippen LogP contribution >= 0.6 is 11.3 Å². The predicted octanol–water partition coefficient (Wildman–Crippen LogP) is 0.486. The van der Waals surface area contributed by atoms with E-state index in [1.165, 1.54) is 11.3 Å². The second-order valence-corrected chi connectivity index (χ2v) is 8.12. The number of amides is 2. The van der Waals surface area contributed by atoms with Crippen molar-refractivity contribution in [3.63, 3.8) is 0 Å². The van der Waals surface area contributed by atoms with Crippen LogP contribution in [0.1, 0.15) is 31.4 Å². The van der Waals surface area contributed by atoms with E-state index in [0.29, 0.717) is 57.2 Å². The molecule has 150 valence electrons. The monoisotopic (exact) mass is 395 g/mol. The van der Waals surface area contributed by atoms with Gasteiger partial charge in [0.25, 0.3) is 0 Å². The molecule has 0 radical (unpaired) electrons. The largest absolute Gasteiger partial charge is 0.378 e. The summed E-state index contributed by atoms with van der Waals surface area (Å²) in [4.78, 5) is 32.9. The van der Waals surface area contributed by atoms with Gasteiger partial charge in [-0.3, -0.25) is 14.5 Å². The molecule has 27 heavy (non-hydrogen) atoms. The molecule has 2 fully saturated rings. The molecular formula is C18H29N5O3S. The molecule has 0 spiro atoms. The summed E-state index contributed by atoms with van der Waals surface area (Å²) in [7, 11) is 2.05. The number of likely N-dealkylation sites (N-methyl/N-ethyl adjacent to an activating group) is 1. The van der Waals surface area contributed by atoms with E-state index >= 15 is 0 Å². The van der Waals surface area contributed by atoms with Crippen molar-refractivity contribution >= 4 is 28.3 Å². The third-order valence-corrected chi connectivity index (χ3v) is 6.19. The lowest BCUT2D eigenvalue weighted by Crippen LogP contribution is -2.45. The van der Waals surface area contributed by atoms with E-state index < -0.39 is 0 Å². The SMILES string of the molecule is CN1[C@@H](CC(=O)N2CCOCC2)CC[C@H]1CNC(=O)CCc1csc(N)n1. The van der Waals surface area contributed by atoms with Crippen LogP contribution in [0.3, 0.4) is 0 Å². The number of carbonyl (C=O) groups is 2. The summed E-state index contributed by atoms with van der Waals surface area (Å²) in [5, 5.41) is 5.45. The highest BCUT2D eigenvalue weighted by molar-refractivity contribution is 7.13. The zero-order valence-corrected chi connectivity index (χ0v) is 16.7. The first kappa shape index (κ1) is 20.0. The van der Waals surface area contributed by atoms with Crippen molar-refractivity contribution in [3.8, 4) is 0 Å². The number of hydrogen-bond donors (Lipinski definition) is 2. The lowest BCUT2D eigenvalue weighted by molar-refractivity contribution is -0.136. The number of nitrogen functional groups attached to an aromatic ring is 1. The average molecular weight is 396 g/mol. The Labute approximate surface area is 164 Å². The van der Waals surface area contributed by atoms with Gasteiger partial charge in [-0.05, 0) is 26.3 Å². The maximum atomic E-state index is 12.5. The molecule has 2 aliphatic heterocycles. The third kappa shape index (κ3) is 5.63. The molecule has 1 aromatic heterocycles. The van der Waals surface area contributed by atoms with Gasteiger partial charge < -0.3 is 20.7 Å². The average Bonchev–Trinajstić information content (AvgIpc) is 3.25. The number of morpholine rings is 1. The van der Waals surface area contributed by atoms with E-state index in [0.717, 1.165) is 18.5 Å². The number of anilines is 1. The highest BCUT2D eigenvalue weighted by Gasteiger charge is 2.33. The molecule has 0 saturated carbocycles. The lowest BCUT2D eigenvalue weighted by atomic mass is 10.1. The fourth-order valence-corrected chi connectivity index (χ4v) is 4.32. The van der Waals surface area contributed by atoms with Gasteiger partial charge in [-0.1, -0.05) is 0 Å². The van der Waals surface area contributed by atoms with Crippen molar-refractivity contribution in [2.75, 3.05) is 45.6 Å². The Balaban J connectivity index is 1.37. The van der Waals surface area contributed by atoms with Crippen LogP contribution in [0.2, 0.25) is 0 Å². The van der Waals surface area contributed by atoms with Crippen molar-refractivity contribution in [2.24, 2.45) is 0 Å². The zero-order valence-electron chi connectivity index (χ0n) is 15.9. The minimum Gasteiger partial charge on any atom is -0.378 e. The predicted molar refractivity (Wildman–Crippen MR) is 104 cm³/mol. The topological polar surface area (TPSA) is 101 Å². The highest BCUT2D eigenvalue weighted by Crippen LogP contribution is 2.25. The Morgan fingerprint density at radius 1 is 1.33 bits per heavy atom. The molecule has 3 N–H and O–H groups in total. The minimum atomic E-state index is 0.0304. The number of nitrogens with one attached hydrogen (secondary N) is 1. The molecular weight excluding hydrogens is 366 g/mol. The summed E-state index contributed by atoms with van der Waals surface area (Å²) in [6.45, 7) is 3.28. The number of likely N-dealkylation sites (tertiary alicyclic amines) is 1. The molecule has 3 heterocycles. The summed E-state index contributed by atoms with van der Waals surface area (Å²) in [5.41, 5.74) is 6.47. The van der Waals surface area contributed by atoms with E-state index in [4.69, 9.17) is 10.5 Å². The van der Waals surface area contributed by atoms with Crippen molar-refractivity contribution in [3.05, 3.63) is 11.1 Å². The number of aryl methyl sites for hydroxylation is 1. The van der Waals surface area contributed by atoms with Gasteiger partial charge >= 0.3 is 0 Å². The number of nitrogens with zero attached hydrogens (tertiary/aromatic N) is 3. The molecule has 2 saturated heterocycles. The maximum Gasteiger partial charge on any atom is 0.224 e. The van der Waals surface area contributed by atoms with Crippen LogP contribution in [0.5, 0.6) is 0 Å². The Morgan fingerprint density at radius 3 is 2.78 bits per heavy atom. The quantitative estimate of drug-likeness (QED) is 0.697. The fourth-order valence-electron chi connectivity index (χ4n) is 3.72. The minimum absolute atomic E-state index is 0.0304.